The van der Waals surface area contributed by atoms with E-state index in [0.717, 1.165) is 44.7 Å². The van der Waals surface area contributed by atoms with E-state index in [1.165, 1.54) is 56.7 Å². The Morgan fingerprint density at radius 1 is 0.636 bits per heavy atom. The van der Waals surface area contributed by atoms with Crippen LogP contribution in [0.4, 0.5) is 0 Å². The Kier molecular flexibility index (Phi) is 23.9. The van der Waals surface area contributed by atoms with Gasteiger partial charge in [-0.05, 0) is 50.4 Å². The molecular formula is C24H41NO8. The molecule has 0 bridgehead atoms. The molecule has 0 fully saturated rings. The summed E-state index contributed by atoms with van der Waals surface area (Å²) >= 11 is 0. The molecule has 1 aromatic rings. The van der Waals surface area contributed by atoms with Crippen LogP contribution in [0, 0.1) is 0 Å². The molecule has 190 valence electrons. The molecule has 0 unspecified atom stereocenters. The fourth-order valence-electron chi connectivity index (χ4n) is 2.67. The number of aliphatic hydroxyl groups excluding tert-OH is 2. The molecule has 9 nitrogen and oxygen atoms in total. The van der Waals surface area contributed by atoms with Crippen molar-refractivity contribution in [1.29, 1.82) is 0 Å². The van der Waals surface area contributed by atoms with Crippen molar-refractivity contribution >= 4 is 17.9 Å². The molecule has 0 amide bonds. The quantitative estimate of drug-likeness (QED) is 0.196. The summed E-state index contributed by atoms with van der Waals surface area (Å²) in [5.74, 6) is -2.92. The predicted molar refractivity (Wildman–Crippen MR) is 127 cm³/mol. The van der Waals surface area contributed by atoms with Crippen LogP contribution in [-0.4, -0.2) is 63.2 Å². The van der Waals surface area contributed by atoms with Crippen LogP contribution in [-0.2, 0) is 4.79 Å². The van der Waals surface area contributed by atoms with Crippen molar-refractivity contribution in [3.63, 3.8) is 0 Å². The largest absolute Gasteiger partial charge is 0.481 e. The Balaban J connectivity index is 0. The van der Waals surface area contributed by atoms with E-state index in [1.807, 2.05) is 0 Å². The highest BCUT2D eigenvalue weighted by atomic mass is 16.4. The number of carboxylic acid groups (broad SMARTS) is 3. The summed E-state index contributed by atoms with van der Waals surface area (Å²) in [5.41, 5.74) is 5.36. The molecule has 0 atom stereocenters. The van der Waals surface area contributed by atoms with Gasteiger partial charge in [-0.3, -0.25) is 4.79 Å². The summed E-state index contributed by atoms with van der Waals surface area (Å²) in [6, 6.07) is 5.20. The van der Waals surface area contributed by atoms with Gasteiger partial charge in [0.15, 0.2) is 0 Å². The number of carbonyl (C=O) groups is 3. The summed E-state index contributed by atoms with van der Waals surface area (Å²) in [4.78, 5) is 31.0. The lowest BCUT2D eigenvalue weighted by Crippen LogP contribution is -2.01. The number of hydrogen-bond donors (Lipinski definition) is 6. The van der Waals surface area contributed by atoms with Crippen LogP contribution < -0.4 is 5.73 Å². The van der Waals surface area contributed by atoms with Crippen molar-refractivity contribution < 1.29 is 39.9 Å². The molecule has 9 heteroatoms. The number of nitrogens with two attached hydrogens (primary N) is 1. The van der Waals surface area contributed by atoms with Crippen molar-refractivity contribution in [2.45, 2.75) is 77.0 Å². The molecule has 0 spiro atoms. The first-order valence-electron chi connectivity index (χ1n) is 11.5. The van der Waals surface area contributed by atoms with E-state index >= 15 is 0 Å². The summed E-state index contributed by atoms with van der Waals surface area (Å²) in [6.45, 7) is 1.20. The predicted octanol–water partition coefficient (Wildman–Crippen LogP) is 3.76. The topological polar surface area (TPSA) is 178 Å². The molecule has 0 saturated carbocycles. The minimum Gasteiger partial charge on any atom is -0.481 e. The van der Waals surface area contributed by atoms with Crippen LogP contribution in [0.15, 0.2) is 24.3 Å². The fraction of sp³-hybridized carbons (Fsp3) is 0.625. The highest BCUT2D eigenvalue weighted by Gasteiger charge is 2.06. The van der Waals surface area contributed by atoms with Gasteiger partial charge < -0.3 is 31.3 Å². The molecule has 0 aromatic heterocycles. The Labute approximate surface area is 196 Å². The maximum absolute atomic E-state index is 10.4. The Hall–Kier alpha value is -2.49. The first-order valence-corrected chi connectivity index (χ1v) is 11.5. The summed E-state index contributed by atoms with van der Waals surface area (Å²) < 4.78 is 0. The zero-order chi connectivity index (χ0) is 25.3. The third-order valence-electron chi connectivity index (χ3n) is 4.52. The highest BCUT2D eigenvalue weighted by molar-refractivity contribution is 5.93. The highest BCUT2D eigenvalue weighted by Crippen LogP contribution is 2.10. The average Bonchev–Trinajstić information content (AvgIpc) is 2.79. The summed E-state index contributed by atoms with van der Waals surface area (Å²) in [7, 11) is 0. The van der Waals surface area contributed by atoms with E-state index in [-0.39, 0.29) is 24.3 Å². The Bertz CT molecular complexity index is 603. The molecule has 0 radical (unpaired) electrons. The summed E-state index contributed by atoms with van der Waals surface area (Å²) in [6.07, 6.45) is 12.4. The van der Waals surface area contributed by atoms with E-state index in [9.17, 15) is 14.4 Å². The second-order valence-electron chi connectivity index (χ2n) is 7.46. The number of unbranched alkanes of at least 4 members (excludes halogenated alkanes) is 9. The lowest BCUT2D eigenvalue weighted by atomic mass is 10.1. The number of aliphatic hydroxyl groups is 2. The molecule has 1 aromatic carbocycles. The molecule has 0 aliphatic heterocycles. The van der Waals surface area contributed by atoms with Gasteiger partial charge in [-0.25, -0.2) is 9.59 Å². The van der Waals surface area contributed by atoms with Gasteiger partial charge in [0.25, 0.3) is 0 Å². The molecule has 1 rings (SSSR count). The van der Waals surface area contributed by atoms with Gasteiger partial charge in [-0.15, -0.1) is 0 Å². The van der Waals surface area contributed by atoms with Crippen LogP contribution >= 0.6 is 0 Å². The van der Waals surface area contributed by atoms with Crippen LogP contribution in [0.2, 0.25) is 0 Å². The van der Waals surface area contributed by atoms with Gasteiger partial charge in [0.2, 0.25) is 0 Å². The maximum Gasteiger partial charge on any atom is 0.335 e. The monoisotopic (exact) mass is 471 g/mol. The second kappa shape index (κ2) is 24.2. The number of carboxylic acids is 3. The first kappa shape index (κ1) is 32.7. The zero-order valence-corrected chi connectivity index (χ0v) is 19.5. The van der Waals surface area contributed by atoms with E-state index in [1.54, 1.807) is 0 Å². The maximum atomic E-state index is 10.4. The molecule has 0 aliphatic rings. The second-order valence-corrected chi connectivity index (χ2v) is 7.46. The van der Waals surface area contributed by atoms with Gasteiger partial charge in [0, 0.05) is 19.6 Å². The number of aromatic carboxylic acids is 2. The standard InChI is InChI=1S/C12H25NO2.C8H6O4.C4H10O2/c13-11-9-7-5-3-1-2-4-6-8-10-12(14)15;9-7(10)5-2-1-3-6(4-5)8(11)12;5-3-1-2-4-6/h1-11,13H2,(H,14,15);1-4H,(H,9,10)(H,11,12);5-6H,1-4H2. The lowest BCUT2D eigenvalue weighted by Gasteiger charge is -2.01. The van der Waals surface area contributed by atoms with Crippen LogP contribution in [0.5, 0.6) is 0 Å². The van der Waals surface area contributed by atoms with E-state index in [0.29, 0.717) is 6.42 Å². The normalized spacial score (nSPS) is 9.79. The Morgan fingerprint density at radius 3 is 1.36 bits per heavy atom. The zero-order valence-electron chi connectivity index (χ0n) is 19.5. The third-order valence-corrected chi connectivity index (χ3v) is 4.52. The number of hydrogen-bond acceptors (Lipinski definition) is 6. The number of aliphatic carboxylic acids is 1. The Morgan fingerprint density at radius 2 is 1.03 bits per heavy atom. The SMILES string of the molecule is NCCCCCCCCCCCC(=O)O.O=C(O)c1cccc(C(=O)O)c1.OCCCCO. The van der Waals surface area contributed by atoms with Crippen LogP contribution in [0.25, 0.3) is 0 Å². The van der Waals surface area contributed by atoms with Gasteiger partial charge in [0.1, 0.15) is 0 Å². The molecular weight excluding hydrogens is 430 g/mol. The minimum absolute atomic E-state index is 0.0186. The molecule has 7 N–H and O–H groups in total. The van der Waals surface area contributed by atoms with Crippen LogP contribution in [0.1, 0.15) is 97.8 Å². The van der Waals surface area contributed by atoms with E-state index < -0.39 is 17.9 Å². The number of rotatable bonds is 16. The van der Waals surface area contributed by atoms with Gasteiger partial charge in [-0.2, -0.15) is 0 Å². The van der Waals surface area contributed by atoms with Crippen molar-refractivity contribution in [2.24, 2.45) is 5.73 Å². The van der Waals surface area contributed by atoms with Crippen molar-refractivity contribution in [3.05, 3.63) is 35.4 Å². The molecule has 33 heavy (non-hydrogen) atoms. The van der Waals surface area contributed by atoms with Crippen LogP contribution in [0.3, 0.4) is 0 Å². The minimum atomic E-state index is -1.13. The smallest absolute Gasteiger partial charge is 0.335 e. The van der Waals surface area contributed by atoms with E-state index in [4.69, 9.17) is 31.3 Å². The number of benzene rings is 1. The van der Waals surface area contributed by atoms with Crippen molar-refractivity contribution in [2.75, 3.05) is 19.8 Å². The van der Waals surface area contributed by atoms with Gasteiger partial charge >= 0.3 is 17.9 Å². The molecule has 0 aliphatic carbocycles. The summed E-state index contributed by atoms with van der Waals surface area (Å²) in [5, 5.41) is 41.6. The average molecular weight is 472 g/mol. The molecule has 0 heterocycles. The van der Waals surface area contributed by atoms with E-state index in [2.05, 4.69) is 0 Å². The van der Waals surface area contributed by atoms with Crippen molar-refractivity contribution in [1.82, 2.24) is 0 Å². The third kappa shape index (κ3) is 24.0. The van der Waals surface area contributed by atoms with Gasteiger partial charge in [0.05, 0.1) is 11.1 Å². The van der Waals surface area contributed by atoms with Crippen molar-refractivity contribution in [3.8, 4) is 0 Å². The first-order chi connectivity index (χ1) is 15.8. The molecule has 0 saturated heterocycles. The fourth-order valence-corrected chi connectivity index (χ4v) is 2.67. The van der Waals surface area contributed by atoms with Gasteiger partial charge in [-0.1, -0.05) is 51.0 Å². The lowest BCUT2D eigenvalue weighted by molar-refractivity contribution is -0.137.